The van der Waals surface area contributed by atoms with E-state index in [9.17, 15) is 9.90 Å². The minimum atomic E-state index is -0.498. The van der Waals surface area contributed by atoms with E-state index in [0.29, 0.717) is 17.4 Å². The summed E-state index contributed by atoms with van der Waals surface area (Å²) in [7, 11) is 1.48. The molecule has 0 spiro atoms. The quantitative estimate of drug-likeness (QED) is 0.897. The fraction of sp³-hybridized carbons (Fsp3) is 0.267. The molecular weight excluding hydrogens is 284 g/mol. The Balaban J connectivity index is 2.15. The van der Waals surface area contributed by atoms with Gasteiger partial charge in [-0.25, -0.2) is 4.68 Å². The first-order valence-corrected chi connectivity index (χ1v) is 6.75. The molecule has 0 fully saturated rings. The Kier molecular flexibility index (Phi) is 3.32. The zero-order chi connectivity index (χ0) is 15.9. The largest absolute Gasteiger partial charge is 0.504 e. The molecule has 1 aliphatic rings. The lowest BCUT2D eigenvalue weighted by atomic mass is 9.86. The molecule has 0 amide bonds. The van der Waals surface area contributed by atoms with E-state index in [4.69, 9.17) is 4.74 Å². The molecule has 7 heteroatoms. The molecule has 114 valence electrons. The number of allylic oxidation sites excluding steroid dienone is 1. The molecule has 22 heavy (non-hydrogen) atoms. The summed E-state index contributed by atoms with van der Waals surface area (Å²) >= 11 is 0. The van der Waals surface area contributed by atoms with Gasteiger partial charge in [-0.3, -0.25) is 4.79 Å². The molecule has 0 saturated heterocycles. The van der Waals surface area contributed by atoms with Gasteiger partial charge in [0.15, 0.2) is 11.5 Å². The summed E-state index contributed by atoms with van der Waals surface area (Å²) in [5, 5.41) is 17.2. The number of nitrogens with zero attached hydrogens (tertiary/aromatic N) is 3. The van der Waals surface area contributed by atoms with Gasteiger partial charge < -0.3 is 15.2 Å². The Hall–Kier alpha value is -2.83. The number of phenols is 1. The highest BCUT2D eigenvalue weighted by atomic mass is 16.5. The lowest BCUT2D eigenvalue weighted by molar-refractivity contribution is -0.120. The number of rotatable bonds is 3. The van der Waals surface area contributed by atoms with E-state index in [2.05, 4.69) is 22.0 Å². The van der Waals surface area contributed by atoms with Crippen LogP contribution in [0, 0.1) is 5.92 Å². The summed E-state index contributed by atoms with van der Waals surface area (Å²) in [5.74, 6) is 0.353. The Morgan fingerprint density at radius 1 is 1.50 bits per heavy atom. The van der Waals surface area contributed by atoms with Crippen LogP contribution in [0.3, 0.4) is 0 Å². The Bertz CT molecular complexity index is 753. The van der Waals surface area contributed by atoms with Crippen molar-refractivity contribution in [3.63, 3.8) is 0 Å². The molecule has 1 aromatic heterocycles. The third-order valence-electron chi connectivity index (χ3n) is 3.78. The summed E-state index contributed by atoms with van der Waals surface area (Å²) in [5.41, 5.74) is 1.29. The fourth-order valence-electron chi connectivity index (χ4n) is 2.79. The summed E-state index contributed by atoms with van der Waals surface area (Å²) in [4.78, 5) is 16.2. The first kappa shape index (κ1) is 14.1. The van der Waals surface area contributed by atoms with Crippen molar-refractivity contribution >= 4 is 11.7 Å². The highest BCUT2D eigenvalue weighted by Crippen LogP contribution is 2.39. The van der Waals surface area contributed by atoms with E-state index >= 15 is 0 Å². The number of carbonyl (C=O) groups excluding carboxylic acids is 1. The van der Waals surface area contributed by atoms with Crippen LogP contribution < -0.4 is 10.1 Å². The van der Waals surface area contributed by atoms with Crippen molar-refractivity contribution in [1.82, 2.24) is 14.8 Å². The van der Waals surface area contributed by atoms with E-state index in [1.165, 1.54) is 20.4 Å². The molecule has 7 nitrogen and oxygen atoms in total. The number of benzene rings is 1. The Morgan fingerprint density at radius 3 is 2.91 bits per heavy atom. The van der Waals surface area contributed by atoms with Crippen LogP contribution in [-0.4, -0.2) is 32.8 Å². The van der Waals surface area contributed by atoms with Crippen LogP contribution in [0.15, 0.2) is 36.8 Å². The predicted octanol–water partition coefficient (Wildman–Crippen LogP) is 1.73. The second-order valence-corrected chi connectivity index (χ2v) is 5.14. The normalized spacial score (nSPS) is 20.2. The molecule has 0 bridgehead atoms. The molecule has 3 rings (SSSR count). The number of aromatic nitrogens is 3. The Morgan fingerprint density at radius 2 is 2.27 bits per heavy atom. The number of fused-ring (bicyclic) bond motifs is 1. The van der Waals surface area contributed by atoms with Gasteiger partial charge in [0.25, 0.3) is 0 Å². The van der Waals surface area contributed by atoms with Crippen molar-refractivity contribution in [2.45, 2.75) is 13.0 Å². The van der Waals surface area contributed by atoms with Crippen molar-refractivity contribution in [2.24, 2.45) is 5.92 Å². The average Bonchev–Trinajstić information content (AvgIpc) is 2.93. The minimum Gasteiger partial charge on any atom is -0.504 e. The van der Waals surface area contributed by atoms with Crippen LogP contribution in [0.4, 0.5) is 5.95 Å². The molecule has 0 radical (unpaired) electrons. The van der Waals surface area contributed by atoms with Gasteiger partial charge in [-0.15, -0.1) is 0 Å². The molecule has 2 unspecified atom stereocenters. The Labute approximate surface area is 127 Å². The second-order valence-electron chi connectivity index (χ2n) is 5.14. The first-order chi connectivity index (χ1) is 10.5. The van der Waals surface area contributed by atoms with E-state index < -0.39 is 12.0 Å². The van der Waals surface area contributed by atoms with Gasteiger partial charge in [-0.05, 0) is 24.6 Å². The summed E-state index contributed by atoms with van der Waals surface area (Å²) in [6.07, 6.45) is 1.41. The predicted molar refractivity (Wildman–Crippen MR) is 79.8 cm³/mol. The van der Waals surface area contributed by atoms with Crippen LogP contribution in [-0.2, 0) is 4.79 Å². The van der Waals surface area contributed by atoms with Gasteiger partial charge in [0.1, 0.15) is 12.1 Å². The molecule has 1 aromatic carbocycles. The molecule has 2 aromatic rings. The van der Waals surface area contributed by atoms with Gasteiger partial charge in [-0.2, -0.15) is 10.1 Å². The second kappa shape index (κ2) is 5.18. The lowest BCUT2D eigenvalue weighted by Crippen LogP contribution is -2.35. The standard InChI is InChI=1S/C15H16N4O3/c1-8-13(9(2)20)14(19-15(18-8)16-7-17-19)10-4-5-12(22-3)11(21)6-10/h4-7,13-14,21H,1H2,2-3H3,(H,16,17,18). The maximum Gasteiger partial charge on any atom is 0.226 e. The monoisotopic (exact) mass is 300 g/mol. The smallest absolute Gasteiger partial charge is 0.226 e. The number of nitrogens with one attached hydrogen (secondary N) is 1. The zero-order valence-corrected chi connectivity index (χ0v) is 12.3. The molecule has 0 aliphatic carbocycles. The van der Waals surface area contributed by atoms with E-state index in [0.717, 1.165) is 5.56 Å². The number of methoxy groups -OCH3 is 1. The molecule has 2 N–H and O–H groups in total. The van der Waals surface area contributed by atoms with Crippen molar-refractivity contribution < 1.29 is 14.6 Å². The number of hydrogen-bond acceptors (Lipinski definition) is 6. The van der Waals surface area contributed by atoms with Crippen LogP contribution in [0.5, 0.6) is 11.5 Å². The van der Waals surface area contributed by atoms with Crippen molar-refractivity contribution in [3.05, 3.63) is 42.4 Å². The third kappa shape index (κ3) is 2.11. The van der Waals surface area contributed by atoms with E-state index in [1.54, 1.807) is 22.9 Å². The van der Waals surface area contributed by atoms with Crippen LogP contribution >= 0.6 is 0 Å². The van der Waals surface area contributed by atoms with Crippen LogP contribution in [0.1, 0.15) is 18.5 Å². The first-order valence-electron chi connectivity index (χ1n) is 6.75. The number of aromatic hydroxyl groups is 1. The van der Waals surface area contributed by atoms with Gasteiger partial charge in [-0.1, -0.05) is 12.6 Å². The van der Waals surface area contributed by atoms with Crippen LogP contribution in [0.2, 0.25) is 0 Å². The topological polar surface area (TPSA) is 89.3 Å². The maximum atomic E-state index is 12.1. The molecule has 2 heterocycles. The number of ketones is 1. The SMILES string of the molecule is C=C1Nc2ncnn2C(c2ccc(OC)c(O)c2)C1C(C)=O. The highest BCUT2D eigenvalue weighted by Gasteiger charge is 2.37. The van der Waals surface area contributed by atoms with Gasteiger partial charge in [0, 0.05) is 5.70 Å². The number of Topliss-reactive ketones (excluding diaryl/α,β-unsaturated/α-hetero) is 1. The number of hydrogen-bond donors (Lipinski definition) is 2. The van der Waals surface area contributed by atoms with E-state index in [1.807, 2.05) is 0 Å². The highest BCUT2D eigenvalue weighted by molar-refractivity contribution is 5.83. The minimum absolute atomic E-state index is 0.00751. The van der Waals surface area contributed by atoms with Gasteiger partial charge >= 0.3 is 0 Å². The summed E-state index contributed by atoms with van der Waals surface area (Å²) in [6.45, 7) is 5.44. The van der Waals surface area contributed by atoms with Crippen molar-refractivity contribution in [1.29, 1.82) is 0 Å². The number of ether oxygens (including phenoxy) is 1. The van der Waals surface area contributed by atoms with Gasteiger partial charge in [0.05, 0.1) is 19.1 Å². The number of phenolic OH excluding ortho intramolecular Hbond substituents is 1. The van der Waals surface area contributed by atoms with E-state index in [-0.39, 0.29) is 11.5 Å². The molecule has 1 aliphatic heterocycles. The fourth-order valence-corrected chi connectivity index (χ4v) is 2.79. The van der Waals surface area contributed by atoms with Crippen LogP contribution in [0.25, 0.3) is 0 Å². The maximum absolute atomic E-state index is 12.1. The molecule has 0 saturated carbocycles. The van der Waals surface area contributed by atoms with Gasteiger partial charge in [0.2, 0.25) is 5.95 Å². The lowest BCUT2D eigenvalue weighted by Gasteiger charge is -2.33. The third-order valence-corrected chi connectivity index (χ3v) is 3.78. The van der Waals surface area contributed by atoms with Crippen molar-refractivity contribution in [2.75, 3.05) is 12.4 Å². The number of carbonyl (C=O) groups is 1. The number of anilines is 1. The molecular formula is C15H16N4O3. The summed E-state index contributed by atoms with van der Waals surface area (Å²) < 4.78 is 6.68. The summed E-state index contributed by atoms with van der Waals surface area (Å²) in [6, 6.07) is 4.61. The average molecular weight is 300 g/mol. The van der Waals surface area contributed by atoms with Crippen molar-refractivity contribution in [3.8, 4) is 11.5 Å². The zero-order valence-electron chi connectivity index (χ0n) is 12.3. The molecule has 2 atom stereocenters.